The second kappa shape index (κ2) is 6.84. The van der Waals surface area contributed by atoms with Crippen LogP contribution in [0.1, 0.15) is 28.8 Å². The van der Waals surface area contributed by atoms with Gasteiger partial charge in [-0.2, -0.15) is 0 Å². The number of nitrogens with one attached hydrogen (secondary N) is 1. The molecule has 0 spiro atoms. The van der Waals surface area contributed by atoms with Crippen molar-refractivity contribution < 1.29 is 9.59 Å². The summed E-state index contributed by atoms with van der Waals surface area (Å²) in [5, 5.41) is 10.7. The van der Waals surface area contributed by atoms with Gasteiger partial charge in [0.05, 0.1) is 5.56 Å². The van der Waals surface area contributed by atoms with E-state index in [0.29, 0.717) is 13.0 Å². The lowest BCUT2D eigenvalue weighted by Gasteiger charge is -2.16. The highest BCUT2D eigenvalue weighted by atomic mass is 35.5. The molecule has 0 atom stereocenters. The predicted molar refractivity (Wildman–Crippen MR) is 90.9 cm³/mol. The molecule has 0 unspecified atom stereocenters. The van der Waals surface area contributed by atoms with E-state index in [1.165, 1.54) is 6.07 Å². The third-order valence-electron chi connectivity index (χ3n) is 3.81. The lowest BCUT2D eigenvalue weighted by Crippen LogP contribution is -2.23. The van der Waals surface area contributed by atoms with E-state index in [1.807, 2.05) is 24.3 Å². The van der Waals surface area contributed by atoms with E-state index >= 15 is 0 Å². The number of anilines is 2. The second-order valence-electron chi connectivity index (χ2n) is 5.46. The third-order valence-corrected chi connectivity index (χ3v) is 4.00. The Morgan fingerprint density at radius 3 is 2.67 bits per heavy atom. The Labute approximate surface area is 143 Å². The molecular weight excluding hydrogens is 330 g/mol. The van der Waals surface area contributed by atoms with Crippen LogP contribution in [0.15, 0.2) is 30.3 Å². The molecule has 0 aliphatic carbocycles. The molecule has 2 amide bonds. The molecule has 1 aliphatic heterocycles. The van der Waals surface area contributed by atoms with Crippen molar-refractivity contribution in [3.05, 3.63) is 46.6 Å². The van der Waals surface area contributed by atoms with Gasteiger partial charge in [-0.05, 0) is 30.2 Å². The molecule has 0 radical (unpaired) electrons. The minimum absolute atomic E-state index is 0.106. The summed E-state index contributed by atoms with van der Waals surface area (Å²) in [4.78, 5) is 25.0. The number of halogens is 1. The van der Waals surface area contributed by atoms with Gasteiger partial charge in [-0.15, -0.1) is 10.2 Å². The summed E-state index contributed by atoms with van der Waals surface area (Å²) in [6.07, 6.45) is 1.50. The number of nitrogens with zero attached hydrogens (tertiary/aromatic N) is 3. The molecule has 3 rings (SSSR count). The summed E-state index contributed by atoms with van der Waals surface area (Å²) in [5.41, 5.74) is 7.37. The number of nitrogens with two attached hydrogens (primary N) is 1. The predicted octanol–water partition coefficient (Wildman–Crippen LogP) is 1.97. The molecule has 2 heterocycles. The Hall–Kier alpha value is -2.67. The summed E-state index contributed by atoms with van der Waals surface area (Å²) in [5.74, 6) is -0.189. The first-order valence-electron chi connectivity index (χ1n) is 7.51. The van der Waals surface area contributed by atoms with Gasteiger partial charge in [0.1, 0.15) is 0 Å². The standard InChI is InChI=1S/C16H16ClN5O2/c17-13-8-12(15(18)24)16(21-20-13)19-9-10-3-5-11(6-4-10)22-7-1-2-14(22)23/h3-6,8H,1-2,7,9H2,(H2,18,24)(H,19,21). The monoisotopic (exact) mass is 345 g/mol. The number of amides is 2. The molecule has 7 nitrogen and oxygen atoms in total. The van der Waals surface area contributed by atoms with Crippen LogP contribution in [-0.4, -0.2) is 28.6 Å². The van der Waals surface area contributed by atoms with Crippen LogP contribution >= 0.6 is 11.6 Å². The van der Waals surface area contributed by atoms with Crippen LogP contribution in [0, 0.1) is 0 Å². The molecule has 1 aromatic carbocycles. The minimum atomic E-state index is -0.628. The van der Waals surface area contributed by atoms with Crippen molar-refractivity contribution >= 4 is 34.9 Å². The van der Waals surface area contributed by atoms with Gasteiger partial charge in [-0.25, -0.2) is 0 Å². The van der Waals surface area contributed by atoms with E-state index in [1.54, 1.807) is 4.90 Å². The van der Waals surface area contributed by atoms with Crippen LogP contribution in [0.2, 0.25) is 5.15 Å². The number of aromatic nitrogens is 2. The maximum absolute atomic E-state index is 11.7. The number of primary amides is 1. The van der Waals surface area contributed by atoms with Gasteiger partial charge < -0.3 is 16.0 Å². The zero-order chi connectivity index (χ0) is 17.1. The van der Waals surface area contributed by atoms with Crippen molar-refractivity contribution in [2.24, 2.45) is 5.73 Å². The fourth-order valence-corrected chi connectivity index (χ4v) is 2.73. The SMILES string of the molecule is NC(=O)c1cc(Cl)nnc1NCc1ccc(N2CCCC2=O)cc1. The maximum Gasteiger partial charge on any atom is 0.252 e. The second-order valence-corrected chi connectivity index (χ2v) is 5.85. The Bertz CT molecular complexity index is 779. The van der Waals surface area contributed by atoms with Crippen molar-refractivity contribution in [2.75, 3.05) is 16.8 Å². The average molecular weight is 346 g/mol. The van der Waals surface area contributed by atoms with E-state index in [-0.39, 0.29) is 22.4 Å². The smallest absolute Gasteiger partial charge is 0.252 e. The van der Waals surface area contributed by atoms with Crippen LogP contribution in [0.5, 0.6) is 0 Å². The van der Waals surface area contributed by atoms with Crippen molar-refractivity contribution in [3.8, 4) is 0 Å². The summed E-state index contributed by atoms with van der Waals surface area (Å²) < 4.78 is 0. The number of hydrogen-bond donors (Lipinski definition) is 2. The van der Waals surface area contributed by atoms with Crippen molar-refractivity contribution in [3.63, 3.8) is 0 Å². The normalized spacial score (nSPS) is 14.0. The highest BCUT2D eigenvalue weighted by Gasteiger charge is 2.21. The highest BCUT2D eigenvalue weighted by Crippen LogP contribution is 2.22. The molecule has 0 bridgehead atoms. The maximum atomic E-state index is 11.7. The fraction of sp³-hybridized carbons (Fsp3) is 0.250. The van der Waals surface area contributed by atoms with Crippen LogP contribution in [0.25, 0.3) is 0 Å². The number of carbonyl (C=O) groups is 2. The molecule has 1 fully saturated rings. The largest absolute Gasteiger partial charge is 0.365 e. The van der Waals surface area contributed by atoms with E-state index in [4.69, 9.17) is 17.3 Å². The van der Waals surface area contributed by atoms with Gasteiger partial charge in [0.25, 0.3) is 5.91 Å². The average Bonchev–Trinajstić information content (AvgIpc) is 3.00. The first kappa shape index (κ1) is 16.2. The van der Waals surface area contributed by atoms with E-state index in [9.17, 15) is 9.59 Å². The van der Waals surface area contributed by atoms with Gasteiger partial charge in [0.15, 0.2) is 11.0 Å². The van der Waals surface area contributed by atoms with Crippen LogP contribution < -0.4 is 16.0 Å². The Balaban J connectivity index is 1.69. The molecule has 3 N–H and O–H groups in total. The quantitative estimate of drug-likeness (QED) is 0.862. The molecule has 8 heteroatoms. The first-order valence-corrected chi connectivity index (χ1v) is 7.88. The summed E-state index contributed by atoms with van der Waals surface area (Å²) in [7, 11) is 0. The van der Waals surface area contributed by atoms with Crippen LogP contribution in [0.4, 0.5) is 11.5 Å². The van der Waals surface area contributed by atoms with Gasteiger partial charge in [-0.1, -0.05) is 23.7 Å². The van der Waals surface area contributed by atoms with Gasteiger partial charge in [0.2, 0.25) is 5.91 Å². The van der Waals surface area contributed by atoms with Gasteiger partial charge in [-0.3, -0.25) is 9.59 Å². The number of rotatable bonds is 5. The van der Waals surface area contributed by atoms with E-state index < -0.39 is 5.91 Å². The molecule has 24 heavy (non-hydrogen) atoms. The van der Waals surface area contributed by atoms with Gasteiger partial charge >= 0.3 is 0 Å². The highest BCUT2D eigenvalue weighted by molar-refractivity contribution is 6.29. The summed E-state index contributed by atoms with van der Waals surface area (Å²) in [6.45, 7) is 1.20. The zero-order valence-corrected chi connectivity index (χ0v) is 13.6. The van der Waals surface area contributed by atoms with E-state index in [0.717, 1.165) is 24.2 Å². The minimum Gasteiger partial charge on any atom is -0.365 e. The van der Waals surface area contributed by atoms with Crippen molar-refractivity contribution in [1.29, 1.82) is 0 Å². The molecule has 1 saturated heterocycles. The van der Waals surface area contributed by atoms with Crippen molar-refractivity contribution in [1.82, 2.24) is 10.2 Å². The lowest BCUT2D eigenvalue weighted by atomic mass is 10.2. The van der Waals surface area contributed by atoms with Crippen molar-refractivity contribution in [2.45, 2.75) is 19.4 Å². The third kappa shape index (κ3) is 3.46. The lowest BCUT2D eigenvalue weighted by molar-refractivity contribution is -0.117. The molecular formula is C16H16ClN5O2. The Kier molecular flexibility index (Phi) is 4.61. The van der Waals surface area contributed by atoms with Crippen LogP contribution in [-0.2, 0) is 11.3 Å². The number of carbonyl (C=O) groups excluding carboxylic acids is 2. The Morgan fingerprint density at radius 2 is 2.04 bits per heavy atom. The summed E-state index contributed by atoms with van der Waals surface area (Å²) >= 11 is 5.73. The number of benzene rings is 1. The Morgan fingerprint density at radius 1 is 1.29 bits per heavy atom. The molecule has 1 aromatic heterocycles. The number of hydrogen-bond acceptors (Lipinski definition) is 5. The summed E-state index contributed by atoms with van der Waals surface area (Å²) in [6, 6.07) is 9.02. The van der Waals surface area contributed by atoms with Gasteiger partial charge in [0, 0.05) is 25.2 Å². The first-order chi connectivity index (χ1) is 11.5. The zero-order valence-electron chi connectivity index (χ0n) is 12.8. The van der Waals surface area contributed by atoms with Crippen LogP contribution in [0.3, 0.4) is 0 Å². The fourth-order valence-electron chi connectivity index (χ4n) is 2.59. The molecule has 124 valence electrons. The molecule has 2 aromatic rings. The van der Waals surface area contributed by atoms with E-state index in [2.05, 4.69) is 15.5 Å². The topological polar surface area (TPSA) is 101 Å². The molecule has 1 aliphatic rings. The molecule has 0 saturated carbocycles.